The number of aliphatic carboxylic acids is 1. The van der Waals surface area contributed by atoms with Crippen molar-refractivity contribution in [3.63, 3.8) is 0 Å². The summed E-state index contributed by atoms with van der Waals surface area (Å²) in [6.07, 6.45) is -0.230. The van der Waals surface area contributed by atoms with E-state index in [-0.39, 0.29) is 35.4 Å². The number of H-pyrrole nitrogens is 1. The number of rotatable bonds is 8. The first-order valence-electron chi connectivity index (χ1n) is 7.33. The van der Waals surface area contributed by atoms with Crippen LogP contribution in [0.2, 0.25) is 5.02 Å². The number of hydrogen-bond donors (Lipinski definition) is 3. The molecule has 138 valence electrons. The number of nitrogens with one attached hydrogen (secondary N) is 2. The van der Waals surface area contributed by atoms with Crippen LogP contribution < -0.4 is 15.6 Å². The summed E-state index contributed by atoms with van der Waals surface area (Å²) in [6, 6.07) is 4.82. The molecule has 1 aromatic heterocycles. The molecule has 1 heterocycles. The van der Waals surface area contributed by atoms with E-state index in [4.69, 9.17) is 21.4 Å². The van der Waals surface area contributed by atoms with E-state index < -0.39 is 11.5 Å². The smallest absolute Gasteiger partial charge is 0.303 e. The first-order valence-corrected chi connectivity index (χ1v) is 8.69. The van der Waals surface area contributed by atoms with Gasteiger partial charge in [-0.05, 0) is 18.2 Å². The van der Waals surface area contributed by atoms with Gasteiger partial charge in [-0.1, -0.05) is 23.4 Å². The normalized spacial score (nSPS) is 10.4. The molecule has 0 spiro atoms. The fraction of sp³-hybridized carbons (Fsp3) is 0.267. The molecule has 0 aliphatic carbocycles. The van der Waals surface area contributed by atoms with Gasteiger partial charge in [0.15, 0.2) is 5.16 Å². The molecule has 1 aromatic carbocycles. The first kappa shape index (κ1) is 19.7. The van der Waals surface area contributed by atoms with Crippen molar-refractivity contribution >= 4 is 40.9 Å². The molecule has 3 N–H and O–H groups in total. The predicted octanol–water partition coefficient (Wildman–Crippen LogP) is 1.57. The number of halogens is 1. The number of aryl methyl sites for hydroxylation is 1. The summed E-state index contributed by atoms with van der Waals surface area (Å²) in [5.41, 5.74) is -0.0697. The largest absolute Gasteiger partial charge is 0.495 e. The molecule has 1 amide bonds. The van der Waals surface area contributed by atoms with Crippen LogP contribution in [0.1, 0.15) is 12.1 Å². The van der Waals surface area contributed by atoms with Gasteiger partial charge in [0.1, 0.15) is 11.4 Å². The number of hydrogen-bond acceptors (Lipinski definition) is 7. The van der Waals surface area contributed by atoms with E-state index in [0.29, 0.717) is 16.5 Å². The van der Waals surface area contributed by atoms with Crippen LogP contribution in [0.3, 0.4) is 0 Å². The third-order valence-corrected chi connectivity index (χ3v) is 4.19. The molecule has 26 heavy (non-hydrogen) atoms. The minimum Gasteiger partial charge on any atom is -0.495 e. The number of ether oxygens (including phenoxy) is 1. The van der Waals surface area contributed by atoms with Crippen molar-refractivity contribution in [1.82, 2.24) is 15.2 Å². The lowest BCUT2D eigenvalue weighted by atomic mass is 10.2. The standard InChI is InChI=1S/C15H15ClN4O5S/c1-25-11-4-2-8(16)6-10(11)17-12(21)7-26-15-18-14(24)9(19-20-15)3-5-13(22)23/h2,4,6H,3,5,7H2,1H3,(H,17,21)(H,22,23)(H,18,20,24). The molecule has 0 aliphatic rings. The third-order valence-electron chi connectivity index (χ3n) is 3.10. The number of carbonyl (C=O) groups is 2. The van der Waals surface area contributed by atoms with Crippen LogP contribution in [0.15, 0.2) is 28.2 Å². The Kier molecular flexibility index (Phi) is 6.98. The van der Waals surface area contributed by atoms with Crippen LogP contribution in [0.5, 0.6) is 5.75 Å². The fourth-order valence-corrected chi connectivity index (χ4v) is 2.67. The van der Waals surface area contributed by atoms with Crippen LogP contribution in [-0.2, 0) is 16.0 Å². The van der Waals surface area contributed by atoms with Gasteiger partial charge in [0.2, 0.25) is 5.91 Å². The van der Waals surface area contributed by atoms with Crippen LogP contribution in [0.4, 0.5) is 5.69 Å². The summed E-state index contributed by atoms with van der Waals surface area (Å²) in [5, 5.41) is 19.4. The Bertz CT molecular complexity index is 873. The second-order valence-corrected chi connectivity index (χ2v) is 6.38. The quantitative estimate of drug-likeness (QED) is 0.570. The van der Waals surface area contributed by atoms with Gasteiger partial charge in [0.25, 0.3) is 5.56 Å². The van der Waals surface area contributed by atoms with Gasteiger partial charge in [-0.15, -0.1) is 10.2 Å². The lowest BCUT2D eigenvalue weighted by molar-refractivity contribution is -0.137. The number of aromatic amines is 1. The highest BCUT2D eigenvalue weighted by atomic mass is 35.5. The number of amides is 1. The van der Waals surface area contributed by atoms with Gasteiger partial charge in [-0.3, -0.25) is 19.4 Å². The molecule has 0 saturated heterocycles. The Hall–Kier alpha value is -2.59. The molecule has 11 heteroatoms. The number of carbonyl (C=O) groups excluding carboxylic acids is 1. The van der Waals surface area contributed by atoms with Crippen molar-refractivity contribution in [2.75, 3.05) is 18.2 Å². The molecule has 0 bridgehead atoms. The van der Waals surface area contributed by atoms with E-state index in [2.05, 4.69) is 20.5 Å². The van der Waals surface area contributed by atoms with E-state index in [1.165, 1.54) is 7.11 Å². The molecule has 0 atom stereocenters. The molecular formula is C15H15ClN4O5S. The van der Waals surface area contributed by atoms with Gasteiger partial charge in [0.05, 0.1) is 25.0 Å². The van der Waals surface area contributed by atoms with Gasteiger partial charge >= 0.3 is 5.97 Å². The van der Waals surface area contributed by atoms with E-state index in [0.717, 1.165) is 11.8 Å². The minimum atomic E-state index is -1.03. The first-order chi connectivity index (χ1) is 12.4. The number of anilines is 1. The third kappa shape index (κ3) is 5.74. The molecule has 9 nitrogen and oxygen atoms in total. The summed E-state index contributed by atoms with van der Waals surface area (Å²) in [4.78, 5) is 36.9. The number of carboxylic acids is 1. The van der Waals surface area contributed by atoms with Gasteiger partial charge in [0, 0.05) is 11.4 Å². The van der Waals surface area contributed by atoms with Crippen LogP contribution in [0.25, 0.3) is 0 Å². The highest BCUT2D eigenvalue weighted by Gasteiger charge is 2.11. The molecule has 0 saturated carbocycles. The Morgan fingerprint density at radius 1 is 1.38 bits per heavy atom. The number of aromatic nitrogens is 3. The van der Waals surface area contributed by atoms with Crippen molar-refractivity contribution in [3.05, 3.63) is 39.3 Å². The lowest BCUT2D eigenvalue weighted by Gasteiger charge is -2.10. The van der Waals surface area contributed by atoms with Gasteiger partial charge in [-0.2, -0.15) is 0 Å². The Balaban J connectivity index is 1.95. The highest BCUT2D eigenvalue weighted by molar-refractivity contribution is 7.99. The Morgan fingerprint density at radius 2 is 2.15 bits per heavy atom. The maximum Gasteiger partial charge on any atom is 0.303 e. The number of carboxylic acid groups (broad SMARTS) is 1. The average Bonchev–Trinajstić information content (AvgIpc) is 2.59. The minimum absolute atomic E-state index is 0.0162. The zero-order valence-corrected chi connectivity index (χ0v) is 15.2. The van der Waals surface area contributed by atoms with Gasteiger partial charge < -0.3 is 15.2 Å². The van der Waals surface area contributed by atoms with Crippen molar-refractivity contribution < 1.29 is 19.4 Å². The number of thioether (sulfide) groups is 1. The van der Waals surface area contributed by atoms with Crippen molar-refractivity contribution in [3.8, 4) is 5.75 Å². The van der Waals surface area contributed by atoms with Crippen molar-refractivity contribution in [1.29, 1.82) is 0 Å². The summed E-state index contributed by atoms with van der Waals surface area (Å²) in [6.45, 7) is 0. The molecule has 0 fully saturated rings. The second-order valence-electron chi connectivity index (χ2n) is 4.98. The van der Waals surface area contributed by atoms with Crippen molar-refractivity contribution in [2.24, 2.45) is 0 Å². The topological polar surface area (TPSA) is 134 Å². The molecule has 0 unspecified atom stereocenters. The number of benzene rings is 1. The summed E-state index contributed by atoms with van der Waals surface area (Å²) < 4.78 is 5.14. The molecular weight excluding hydrogens is 384 g/mol. The fourth-order valence-electron chi connectivity index (χ4n) is 1.90. The lowest BCUT2D eigenvalue weighted by Crippen LogP contribution is -2.20. The number of nitrogens with zero attached hydrogens (tertiary/aromatic N) is 2. The Morgan fingerprint density at radius 3 is 2.81 bits per heavy atom. The van der Waals surface area contributed by atoms with Crippen LogP contribution in [-0.4, -0.2) is 45.0 Å². The van der Waals surface area contributed by atoms with E-state index >= 15 is 0 Å². The highest BCUT2D eigenvalue weighted by Crippen LogP contribution is 2.27. The maximum absolute atomic E-state index is 12.1. The summed E-state index contributed by atoms with van der Waals surface area (Å²) in [5.74, 6) is -0.955. The maximum atomic E-state index is 12.1. The van der Waals surface area contributed by atoms with Crippen LogP contribution >= 0.6 is 23.4 Å². The molecule has 2 aromatic rings. The molecule has 0 radical (unpaired) electrons. The zero-order chi connectivity index (χ0) is 19.1. The van der Waals surface area contributed by atoms with Gasteiger partial charge in [-0.25, -0.2) is 0 Å². The summed E-state index contributed by atoms with van der Waals surface area (Å²) >= 11 is 6.88. The van der Waals surface area contributed by atoms with Crippen LogP contribution in [0, 0.1) is 0 Å². The molecule has 2 rings (SSSR count). The second kappa shape index (κ2) is 9.20. The predicted molar refractivity (Wildman–Crippen MR) is 96.0 cm³/mol. The monoisotopic (exact) mass is 398 g/mol. The Labute approximate surface area is 157 Å². The average molecular weight is 399 g/mol. The number of methoxy groups -OCH3 is 1. The SMILES string of the molecule is COc1ccc(Cl)cc1NC(=O)CSc1nnc(CCC(=O)O)c(=O)[nH]1. The van der Waals surface area contributed by atoms with E-state index in [1.807, 2.05) is 0 Å². The van der Waals surface area contributed by atoms with Crippen molar-refractivity contribution in [2.45, 2.75) is 18.0 Å². The van der Waals surface area contributed by atoms with E-state index in [9.17, 15) is 14.4 Å². The molecule has 0 aliphatic heterocycles. The summed E-state index contributed by atoms with van der Waals surface area (Å²) in [7, 11) is 1.47. The van der Waals surface area contributed by atoms with E-state index in [1.54, 1.807) is 18.2 Å². The zero-order valence-electron chi connectivity index (χ0n) is 13.6.